The van der Waals surface area contributed by atoms with E-state index < -0.39 is 40.1 Å². The van der Waals surface area contributed by atoms with Crippen LogP contribution in [0.5, 0.6) is 11.5 Å². The van der Waals surface area contributed by atoms with E-state index in [0.29, 0.717) is 33.7 Å². The molecular formula is C23H16F4N2O3S. The molecule has 5 nitrogen and oxygen atoms in total. The molecule has 4 rings (SSSR count). The molecule has 170 valence electrons. The van der Waals surface area contributed by atoms with Gasteiger partial charge in [0.1, 0.15) is 16.2 Å². The molecule has 0 N–H and O–H groups in total. The zero-order valence-electron chi connectivity index (χ0n) is 17.3. The quantitative estimate of drug-likeness (QED) is 0.360. The summed E-state index contributed by atoms with van der Waals surface area (Å²) in [7, 11) is 2.87. The number of rotatable bonds is 5. The molecule has 10 heteroatoms. The molecule has 3 aromatic rings. The third kappa shape index (κ3) is 4.13. The molecule has 0 spiro atoms. The number of ether oxygens (including phenoxy) is 2. The van der Waals surface area contributed by atoms with E-state index in [9.17, 15) is 22.4 Å². The number of benzene rings is 3. The average molecular weight is 476 g/mol. The van der Waals surface area contributed by atoms with Gasteiger partial charge in [-0.05, 0) is 42.5 Å². The second-order valence-corrected chi connectivity index (χ2v) is 7.91. The van der Waals surface area contributed by atoms with Gasteiger partial charge in [0.05, 0.1) is 19.8 Å². The van der Waals surface area contributed by atoms with Crippen LogP contribution in [-0.2, 0) is 0 Å². The van der Waals surface area contributed by atoms with E-state index in [0.717, 1.165) is 22.8 Å². The number of para-hydroxylation sites is 1. The maximum Gasteiger partial charge on any atom is 0.278 e. The largest absolute Gasteiger partial charge is 0.493 e. The van der Waals surface area contributed by atoms with E-state index >= 15 is 0 Å². The maximum absolute atomic E-state index is 14.4. The fourth-order valence-corrected chi connectivity index (χ4v) is 4.49. The molecule has 1 aliphatic rings. The van der Waals surface area contributed by atoms with E-state index in [4.69, 9.17) is 9.47 Å². The van der Waals surface area contributed by atoms with Gasteiger partial charge in [-0.25, -0.2) is 22.6 Å². The van der Waals surface area contributed by atoms with Crippen molar-refractivity contribution >= 4 is 22.7 Å². The molecule has 0 saturated heterocycles. The maximum atomic E-state index is 14.4. The molecule has 1 atom stereocenters. The van der Waals surface area contributed by atoms with Gasteiger partial charge in [0, 0.05) is 11.1 Å². The first-order valence-electron chi connectivity index (χ1n) is 9.54. The number of amides is 1. The van der Waals surface area contributed by atoms with Crippen LogP contribution in [-0.4, -0.2) is 30.2 Å². The number of hydrogen-bond acceptors (Lipinski definition) is 5. The van der Waals surface area contributed by atoms with Crippen molar-refractivity contribution in [3.63, 3.8) is 0 Å². The Labute approximate surface area is 190 Å². The molecule has 3 aromatic carbocycles. The van der Waals surface area contributed by atoms with Gasteiger partial charge in [-0.1, -0.05) is 23.9 Å². The predicted octanol–water partition coefficient (Wildman–Crippen LogP) is 5.51. The Balaban J connectivity index is 1.83. The van der Waals surface area contributed by atoms with E-state index in [-0.39, 0.29) is 0 Å². The van der Waals surface area contributed by atoms with Gasteiger partial charge in [0.2, 0.25) is 0 Å². The summed E-state index contributed by atoms with van der Waals surface area (Å²) in [6.45, 7) is 0. The smallest absolute Gasteiger partial charge is 0.278 e. The Kier molecular flexibility index (Phi) is 6.28. The van der Waals surface area contributed by atoms with Crippen LogP contribution in [0.3, 0.4) is 0 Å². The van der Waals surface area contributed by atoms with Crippen molar-refractivity contribution in [2.45, 2.75) is 5.37 Å². The van der Waals surface area contributed by atoms with Crippen LogP contribution in [0.2, 0.25) is 0 Å². The second-order valence-electron chi connectivity index (χ2n) is 6.84. The number of carbonyl (C=O) groups excluding carboxylic acids is 1. The minimum absolute atomic E-state index is 0.316. The van der Waals surface area contributed by atoms with Gasteiger partial charge in [-0.3, -0.25) is 4.79 Å². The summed E-state index contributed by atoms with van der Waals surface area (Å²) in [5.41, 5.74) is 0.291. The van der Waals surface area contributed by atoms with Gasteiger partial charge < -0.3 is 9.47 Å². The summed E-state index contributed by atoms with van der Waals surface area (Å²) in [6, 6.07) is 12.0. The minimum Gasteiger partial charge on any atom is -0.493 e. The number of thioether (sulfide) groups is 1. The third-order valence-corrected chi connectivity index (χ3v) is 6.13. The van der Waals surface area contributed by atoms with E-state index in [2.05, 4.69) is 5.10 Å². The Bertz CT molecular complexity index is 1250. The highest BCUT2D eigenvalue weighted by Crippen LogP contribution is 2.47. The summed E-state index contributed by atoms with van der Waals surface area (Å²) >= 11 is 1.12. The average Bonchev–Trinajstić information content (AvgIpc) is 3.27. The van der Waals surface area contributed by atoms with Crippen LogP contribution in [0.25, 0.3) is 0 Å². The fraction of sp³-hybridized carbons (Fsp3) is 0.130. The standard InChI is InChI=1S/C23H16F4N2O3S/c1-31-17-5-3-4-15(20(17)32-2)23-29(22(30)14-10-11-16(25)19(27)18(14)26)28-21(33-23)12-6-8-13(24)9-7-12/h3-11,23H,1-2H3. The van der Waals surface area contributed by atoms with Crippen LogP contribution in [0.1, 0.15) is 26.9 Å². The molecule has 0 bridgehead atoms. The highest BCUT2D eigenvalue weighted by Gasteiger charge is 2.38. The number of hydrazone groups is 1. The lowest BCUT2D eigenvalue weighted by Gasteiger charge is -2.23. The molecule has 1 unspecified atom stereocenters. The molecule has 33 heavy (non-hydrogen) atoms. The van der Waals surface area contributed by atoms with Gasteiger partial charge in [-0.2, -0.15) is 5.10 Å². The van der Waals surface area contributed by atoms with Crippen molar-refractivity contribution in [2.24, 2.45) is 5.10 Å². The van der Waals surface area contributed by atoms with Crippen LogP contribution in [0, 0.1) is 23.3 Å². The Morgan fingerprint density at radius 2 is 1.67 bits per heavy atom. The van der Waals surface area contributed by atoms with Gasteiger partial charge >= 0.3 is 0 Å². The SMILES string of the molecule is COc1cccc(C2SC(c3ccc(F)cc3)=NN2C(=O)c2ccc(F)c(F)c2F)c1OC. The third-order valence-electron chi connectivity index (χ3n) is 4.91. The number of hydrogen-bond donors (Lipinski definition) is 0. The van der Waals surface area contributed by atoms with Crippen LogP contribution < -0.4 is 9.47 Å². The highest BCUT2D eigenvalue weighted by molar-refractivity contribution is 8.14. The molecule has 1 amide bonds. The molecule has 0 aromatic heterocycles. The molecule has 0 radical (unpaired) electrons. The van der Waals surface area contributed by atoms with Crippen molar-refractivity contribution in [1.82, 2.24) is 5.01 Å². The summed E-state index contributed by atoms with van der Waals surface area (Å²) in [6.07, 6.45) is 0. The van der Waals surface area contributed by atoms with Crippen molar-refractivity contribution in [1.29, 1.82) is 0 Å². The number of nitrogens with zero attached hydrogens (tertiary/aromatic N) is 2. The van der Waals surface area contributed by atoms with E-state index in [1.165, 1.54) is 38.5 Å². The molecule has 1 aliphatic heterocycles. The molecular weight excluding hydrogens is 460 g/mol. The monoisotopic (exact) mass is 476 g/mol. The molecule has 1 heterocycles. The Hall–Kier alpha value is -3.53. The minimum atomic E-state index is -1.76. The van der Waals surface area contributed by atoms with Gasteiger partial charge in [0.25, 0.3) is 5.91 Å². The van der Waals surface area contributed by atoms with Crippen molar-refractivity contribution in [3.8, 4) is 11.5 Å². The van der Waals surface area contributed by atoms with Crippen molar-refractivity contribution in [3.05, 3.63) is 94.6 Å². The first-order chi connectivity index (χ1) is 15.8. The number of halogens is 4. The Morgan fingerprint density at radius 3 is 2.33 bits per heavy atom. The van der Waals surface area contributed by atoms with Crippen LogP contribution in [0.15, 0.2) is 59.7 Å². The van der Waals surface area contributed by atoms with Crippen molar-refractivity contribution in [2.75, 3.05) is 14.2 Å². The van der Waals surface area contributed by atoms with Crippen molar-refractivity contribution < 1.29 is 31.8 Å². The molecule has 0 aliphatic carbocycles. The van der Waals surface area contributed by atoms with Gasteiger partial charge in [-0.15, -0.1) is 0 Å². The first kappa shape index (κ1) is 22.7. The second kappa shape index (κ2) is 9.14. The summed E-state index contributed by atoms with van der Waals surface area (Å²) in [5, 5.41) is 4.73. The summed E-state index contributed by atoms with van der Waals surface area (Å²) < 4.78 is 65.8. The number of carbonyl (C=O) groups is 1. The topological polar surface area (TPSA) is 51.1 Å². The van der Waals surface area contributed by atoms with E-state index in [1.54, 1.807) is 18.2 Å². The zero-order valence-corrected chi connectivity index (χ0v) is 18.1. The van der Waals surface area contributed by atoms with Crippen LogP contribution in [0.4, 0.5) is 17.6 Å². The Morgan fingerprint density at radius 1 is 0.939 bits per heavy atom. The lowest BCUT2D eigenvalue weighted by atomic mass is 10.1. The van der Waals surface area contributed by atoms with E-state index in [1.807, 2.05) is 0 Å². The summed E-state index contributed by atoms with van der Waals surface area (Å²) in [5.74, 6) is -5.54. The highest BCUT2D eigenvalue weighted by atomic mass is 32.2. The summed E-state index contributed by atoms with van der Waals surface area (Å²) in [4.78, 5) is 13.2. The molecule has 0 fully saturated rings. The zero-order chi connectivity index (χ0) is 23.7. The predicted molar refractivity (Wildman–Crippen MR) is 115 cm³/mol. The van der Waals surface area contributed by atoms with Gasteiger partial charge in [0.15, 0.2) is 29.0 Å². The van der Waals surface area contributed by atoms with Crippen LogP contribution >= 0.6 is 11.8 Å². The first-order valence-corrected chi connectivity index (χ1v) is 10.4. The normalized spacial score (nSPS) is 15.4. The fourth-order valence-electron chi connectivity index (χ4n) is 3.32. The molecule has 0 saturated carbocycles. The lowest BCUT2D eigenvalue weighted by molar-refractivity contribution is 0.0741. The number of methoxy groups -OCH3 is 2. The lowest BCUT2D eigenvalue weighted by Crippen LogP contribution is -2.27.